The van der Waals surface area contributed by atoms with E-state index in [0.29, 0.717) is 13.1 Å². The van der Waals surface area contributed by atoms with Crippen LogP contribution in [-0.2, 0) is 24.8 Å². The van der Waals surface area contributed by atoms with Crippen molar-refractivity contribution in [3.8, 4) is 5.75 Å². The third-order valence-electron chi connectivity index (χ3n) is 5.29. The summed E-state index contributed by atoms with van der Waals surface area (Å²) in [4.78, 5) is 12.9. The fourth-order valence-electron chi connectivity index (χ4n) is 3.59. The van der Waals surface area contributed by atoms with Gasteiger partial charge < -0.3 is 10.1 Å². The summed E-state index contributed by atoms with van der Waals surface area (Å²) in [5.74, 6) is -0.509. The number of anilines is 2. The highest BCUT2D eigenvalue weighted by Gasteiger charge is 2.28. The van der Waals surface area contributed by atoms with E-state index in [-0.39, 0.29) is 32.1 Å². The third kappa shape index (κ3) is 5.95. The Morgan fingerprint density at radius 1 is 1.09 bits per heavy atom. The van der Waals surface area contributed by atoms with Crippen molar-refractivity contribution in [1.82, 2.24) is 4.31 Å². The smallest absolute Gasteiger partial charge is 0.245 e. The molecule has 13 heteroatoms. The number of piperidine rings is 1. The number of carbonyl (C=O) groups is 1. The van der Waals surface area contributed by atoms with Crippen molar-refractivity contribution in [1.29, 1.82) is 0 Å². The minimum Gasteiger partial charge on any atom is -0.495 e. The first-order valence-electron chi connectivity index (χ1n) is 10.3. The zero-order chi connectivity index (χ0) is 25.1. The monoisotopic (exact) mass is 549 g/mol. The molecule has 34 heavy (non-hydrogen) atoms. The van der Waals surface area contributed by atoms with Crippen molar-refractivity contribution >= 4 is 60.5 Å². The number of halogens is 2. The zero-order valence-electron chi connectivity index (χ0n) is 18.6. The number of amides is 1. The maximum atomic E-state index is 13.0. The number of hydrogen-bond acceptors (Lipinski definition) is 6. The average Bonchev–Trinajstić information content (AvgIpc) is 2.79. The summed E-state index contributed by atoms with van der Waals surface area (Å²) in [7, 11) is -6.29. The Kier molecular flexibility index (Phi) is 8.35. The van der Waals surface area contributed by atoms with Crippen molar-refractivity contribution in [2.24, 2.45) is 0 Å². The molecule has 0 unspecified atom stereocenters. The van der Waals surface area contributed by atoms with Gasteiger partial charge in [0.05, 0.1) is 39.7 Å². The molecule has 1 amide bonds. The van der Waals surface area contributed by atoms with Gasteiger partial charge in [-0.3, -0.25) is 9.10 Å². The van der Waals surface area contributed by atoms with Crippen LogP contribution in [0.2, 0.25) is 10.0 Å². The minimum atomic E-state index is -3.91. The van der Waals surface area contributed by atoms with Crippen LogP contribution in [-0.4, -0.2) is 60.0 Å². The van der Waals surface area contributed by atoms with E-state index in [9.17, 15) is 21.6 Å². The van der Waals surface area contributed by atoms with Gasteiger partial charge in [-0.2, -0.15) is 4.31 Å². The molecule has 3 rings (SSSR count). The molecule has 0 aliphatic carbocycles. The number of sulfonamides is 2. The van der Waals surface area contributed by atoms with Crippen LogP contribution >= 0.6 is 23.2 Å². The van der Waals surface area contributed by atoms with Gasteiger partial charge in [-0.25, -0.2) is 16.8 Å². The Bertz CT molecular complexity index is 1280. The van der Waals surface area contributed by atoms with Crippen molar-refractivity contribution in [3.63, 3.8) is 0 Å². The standard InChI is InChI=1S/C21H25Cl2N3O6S2/c1-32-19-10-9-15(34(30,31)25-11-4-3-5-12-25)13-17(19)24-20(27)14-26(33(2,28)29)18-8-6-7-16(22)21(18)23/h6-10,13H,3-5,11-12,14H2,1-2H3,(H,24,27). The van der Waals surface area contributed by atoms with Crippen LogP contribution in [0.25, 0.3) is 0 Å². The van der Waals surface area contributed by atoms with Gasteiger partial charge in [-0.15, -0.1) is 0 Å². The van der Waals surface area contributed by atoms with Crippen molar-refractivity contribution in [2.75, 3.05) is 42.6 Å². The number of hydrogen-bond donors (Lipinski definition) is 1. The van der Waals surface area contributed by atoms with E-state index in [1.165, 1.54) is 47.8 Å². The highest BCUT2D eigenvalue weighted by molar-refractivity contribution is 7.92. The molecular formula is C21H25Cl2N3O6S2. The van der Waals surface area contributed by atoms with Crippen LogP contribution in [0.5, 0.6) is 5.75 Å². The molecule has 2 aromatic carbocycles. The van der Waals surface area contributed by atoms with Crippen molar-refractivity contribution < 1.29 is 26.4 Å². The Labute approximate surface area is 209 Å². The van der Waals surface area contributed by atoms with Crippen molar-refractivity contribution in [3.05, 3.63) is 46.4 Å². The lowest BCUT2D eigenvalue weighted by Crippen LogP contribution is -2.38. The first kappa shape index (κ1) is 26.6. The number of nitrogens with zero attached hydrogens (tertiary/aromatic N) is 2. The lowest BCUT2D eigenvalue weighted by molar-refractivity contribution is -0.114. The molecule has 9 nitrogen and oxygen atoms in total. The molecule has 2 aromatic rings. The molecule has 1 aliphatic heterocycles. The SMILES string of the molecule is COc1ccc(S(=O)(=O)N2CCCCC2)cc1NC(=O)CN(c1cccc(Cl)c1Cl)S(C)(=O)=O. The van der Waals surface area contributed by atoms with Gasteiger partial charge in [0.15, 0.2) is 0 Å². The second-order valence-electron chi connectivity index (χ2n) is 7.72. The number of carbonyl (C=O) groups excluding carboxylic acids is 1. The highest BCUT2D eigenvalue weighted by Crippen LogP contribution is 2.34. The summed E-state index contributed by atoms with van der Waals surface area (Å²) in [6.45, 7) is 0.241. The van der Waals surface area contributed by atoms with E-state index in [4.69, 9.17) is 27.9 Å². The average molecular weight is 550 g/mol. The maximum absolute atomic E-state index is 13.0. The van der Waals surface area contributed by atoms with E-state index in [0.717, 1.165) is 29.8 Å². The summed E-state index contributed by atoms with van der Waals surface area (Å²) in [5, 5.41) is 2.67. The fourth-order valence-corrected chi connectivity index (χ4v) is 6.44. The van der Waals surface area contributed by atoms with E-state index in [1.807, 2.05) is 0 Å². The predicted octanol–water partition coefficient (Wildman–Crippen LogP) is 3.58. The van der Waals surface area contributed by atoms with Crippen LogP contribution in [0.1, 0.15) is 19.3 Å². The highest BCUT2D eigenvalue weighted by atomic mass is 35.5. The number of benzene rings is 2. The number of nitrogens with one attached hydrogen (secondary N) is 1. The molecule has 1 N–H and O–H groups in total. The normalized spacial score (nSPS) is 15.1. The third-order valence-corrected chi connectivity index (χ3v) is 9.12. The molecule has 186 valence electrons. The Balaban J connectivity index is 1.89. The summed E-state index contributed by atoms with van der Waals surface area (Å²) in [5.41, 5.74) is 0.136. The van der Waals surface area contributed by atoms with Gasteiger partial charge >= 0.3 is 0 Å². The van der Waals surface area contributed by atoms with E-state index in [2.05, 4.69) is 5.32 Å². The van der Waals surface area contributed by atoms with Crippen molar-refractivity contribution in [2.45, 2.75) is 24.2 Å². The first-order chi connectivity index (χ1) is 15.9. The molecule has 1 saturated heterocycles. The van der Waals surface area contributed by atoms with Gasteiger partial charge in [0.1, 0.15) is 12.3 Å². The minimum absolute atomic E-state index is 0.00311. The largest absolute Gasteiger partial charge is 0.495 e. The zero-order valence-corrected chi connectivity index (χ0v) is 21.8. The number of rotatable bonds is 8. The molecule has 1 aliphatic rings. The first-order valence-corrected chi connectivity index (χ1v) is 14.4. The Morgan fingerprint density at radius 3 is 2.38 bits per heavy atom. The Hall–Kier alpha value is -2.05. The van der Waals surface area contributed by atoms with Gasteiger partial charge in [-0.05, 0) is 43.2 Å². The Morgan fingerprint density at radius 2 is 1.76 bits per heavy atom. The van der Waals surface area contributed by atoms with E-state index in [1.54, 1.807) is 0 Å². The summed E-state index contributed by atoms with van der Waals surface area (Å²) < 4.78 is 58.4. The molecule has 0 bridgehead atoms. The predicted molar refractivity (Wildman–Crippen MR) is 133 cm³/mol. The summed E-state index contributed by atoms with van der Waals surface area (Å²) >= 11 is 12.2. The number of ether oxygens (including phenoxy) is 1. The molecule has 1 heterocycles. The summed E-state index contributed by atoms with van der Waals surface area (Å²) in [6, 6.07) is 8.58. The lowest BCUT2D eigenvalue weighted by Gasteiger charge is -2.26. The van der Waals surface area contributed by atoms with Crippen LogP contribution < -0.4 is 14.4 Å². The summed E-state index contributed by atoms with van der Waals surface area (Å²) in [6.07, 6.45) is 3.48. The molecule has 0 radical (unpaired) electrons. The second kappa shape index (κ2) is 10.7. The fraction of sp³-hybridized carbons (Fsp3) is 0.381. The second-order valence-corrected chi connectivity index (χ2v) is 12.3. The quantitative estimate of drug-likeness (QED) is 0.538. The lowest BCUT2D eigenvalue weighted by atomic mass is 10.2. The maximum Gasteiger partial charge on any atom is 0.245 e. The number of methoxy groups -OCH3 is 1. The van der Waals surface area contributed by atoms with Crippen LogP contribution in [0, 0.1) is 0 Å². The molecule has 0 atom stereocenters. The topological polar surface area (TPSA) is 113 Å². The van der Waals surface area contributed by atoms with E-state index >= 15 is 0 Å². The molecule has 0 spiro atoms. The van der Waals surface area contributed by atoms with E-state index < -0.39 is 32.5 Å². The van der Waals surface area contributed by atoms with Crippen LogP contribution in [0.3, 0.4) is 0 Å². The van der Waals surface area contributed by atoms with Crippen LogP contribution in [0.4, 0.5) is 11.4 Å². The van der Waals surface area contributed by atoms with Gasteiger partial charge in [0, 0.05) is 13.1 Å². The molecule has 0 saturated carbocycles. The van der Waals surface area contributed by atoms with Gasteiger partial charge in [-0.1, -0.05) is 35.7 Å². The molecule has 1 fully saturated rings. The molecular weight excluding hydrogens is 525 g/mol. The van der Waals surface area contributed by atoms with Crippen LogP contribution in [0.15, 0.2) is 41.3 Å². The molecule has 0 aromatic heterocycles. The van der Waals surface area contributed by atoms with Gasteiger partial charge in [0.2, 0.25) is 26.0 Å². The van der Waals surface area contributed by atoms with Gasteiger partial charge in [0.25, 0.3) is 0 Å².